The smallest absolute Gasteiger partial charge is 0.0662 e. The van der Waals surface area contributed by atoms with Crippen LogP contribution in [0.3, 0.4) is 0 Å². The van der Waals surface area contributed by atoms with Crippen molar-refractivity contribution in [2.24, 2.45) is 0 Å². The van der Waals surface area contributed by atoms with E-state index in [1.807, 2.05) is 0 Å². The van der Waals surface area contributed by atoms with Gasteiger partial charge in [0.15, 0.2) is 0 Å². The van der Waals surface area contributed by atoms with Crippen molar-refractivity contribution in [3.8, 4) is 0 Å². The van der Waals surface area contributed by atoms with Crippen LogP contribution in [0.15, 0.2) is 48.5 Å². The lowest BCUT2D eigenvalue weighted by atomic mass is 9.94. The molecule has 0 saturated heterocycles. The molecule has 5 rings (SSSR count). The number of rotatable bonds is 0. The van der Waals surface area contributed by atoms with Crippen molar-refractivity contribution in [3.63, 3.8) is 0 Å². The zero-order chi connectivity index (χ0) is 13.8. The van der Waals surface area contributed by atoms with Gasteiger partial charge >= 0.3 is 0 Å². The highest BCUT2D eigenvalue weighted by Gasteiger charge is 2.27. The van der Waals surface area contributed by atoms with Crippen LogP contribution < -0.4 is 0 Å². The number of fused-ring (bicyclic) bond motifs is 6. The van der Waals surface area contributed by atoms with Crippen molar-refractivity contribution in [2.45, 2.75) is 13.0 Å². The molecule has 0 unspecified atom stereocenters. The summed E-state index contributed by atoms with van der Waals surface area (Å²) in [4.78, 5) is 6.14. The predicted octanol–water partition coefficient (Wildman–Crippen LogP) is 4.04. The third-order valence-electron chi connectivity index (χ3n) is 4.75. The van der Waals surface area contributed by atoms with Crippen molar-refractivity contribution in [2.75, 3.05) is 6.54 Å². The first-order valence-corrected chi connectivity index (χ1v) is 7.55. The number of nitrogens with one attached hydrogen (secondary N) is 1. The molecule has 0 amide bonds. The van der Waals surface area contributed by atoms with Gasteiger partial charge < -0.3 is 9.88 Å². The maximum absolute atomic E-state index is 3.64. The van der Waals surface area contributed by atoms with Crippen molar-refractivity contribution in [1.29, 1.82) is 0 Å². The Balaban J connectivity index is 1.77. The molecule has 2 aromatic carbocycles. The Labute approximate surface area is 123 Å². The Kier molecular flexibility index (Phi) is 2.14. The highest BCUT2D eigenvalue weighted by atomic mass is 15.2. The predicted molar refractivity (Wildman–Crippen MR) is 86.7 cm³/mol. The summed E-state index contributed by atoms with van der Waals surface area (Å²) in [5, 5.41) is 1.38. The number of aromatic nitrogens is 1. The molecule has 1 N–H and O–H groups in total. The molecule has 3 heterocycles. The van der Waals surface area contributed by atoms with E-state index < -0.39 is 0 Å². The Morgan fingerprint density at radius 2 is 1.81 bits per heavy atom. The number of hydrogen-bond donors (Lipinski definition) is 1. The minimum Gasteiger partial charge on any atom is -0.365 e. The van der Waals surface area contributed by atoms with E-state index in [2.05, 4.69) is 64.5 Å². The fraction of sp³-hybridized carbons (Fsp3) is 0.158. The first kappa shape index (κ1) is 11.2. The molecule has 0 bridgehead atoms. The quantitative estimate of drug-likeness (QED) is 0.654. The van der Waals surface area contributed by atoms with Crippen LogP contribution in [-0.2, 0) is 13.0 Å². The lowest BCUT2D eigenvalue weighted by Gasteiger charge is -2.35. The van der Waals surface area contributed by atoms with Crippen LogP contribution in [0.5, 0.6) is 0 Å². The van der Waals surface area contributed by atoms with Crippen LogP contribution in [-0.4, -0.2) is 16.4 Å². The summed E-state index contributed by atoms with van der Waals surface area (Å²) in [6.07, 6.45) is 3.46. The molecule has 1 aromatic heterocycles. The summed E-state index contributed by atoms with van der Waals surface area (Å²) >= 11 is 0. The Hall–Kier alpha value is -2.48. The van der Waals surface area contributed by atoms with Crippen LogP contribution >= 0.6 is 0 Å². The van der Waals surface area contributed by atoms with E-state index in [4.69, 9.17) is 0 Å². The molecule has 0 atom stereocenters. The second-order valence-corrected chi connectivity index (χ2v) is 5.92. The third kappa shape index (κ3) is 1.53. The topological polar surface area (TPSA) is 19.0 Å². The number of nitrogens with zero attached hydrogens (tertiary/aromatic N) is 1. The fourth-order valence-electron chi connectivity index (χ4n) is 3.70. The van der Waals surface area contributed by atoms with Crippen molar-refractivity contribution >= 4 is 22.7 Å². The molecule has 2 aliphatic rings. The Morgan fingerprint density at radius 1 is 0.952 bits per heavy atom. The Morgan fingerprint density at radius 3 is 2.81 bits per heavy atom. The van der Waals surface area contributed by atoms with Gasteiger partial charge in [-0.15, -0.1) is 0 Å². The molecule has 0 spiro atoms. The van der Waals surface area contributed by atoms with Crippen molar-refractivity contribution in [3.05, 3.63) is 70.9 Å². The maximum atomic E-state index is 3.64. The number of aromatic amines is 1. The van der Waals surface area contributed by atoms with Crippen LogP contribution in [0.1, 0.15) is 22.4 Å². The van der Waals surface area contributed by atoms with Crippen molar-refractivity contribution < 1.29 is 0 Å². The molecule has 3 aromatic rings. The van der Waals surface area contributed by atoms with Crippen LogP contribution in [0.2, 0.25) is 0 Å². The van der Waals surface area contributed by atoms with Gasteiger partial charge in [-0.1, -0.05) is 42.5 Å². The van der Waals surface area contributed by atoms with Gasteiger partial charge in [0.25, 0.3) is 0 Å². The van der Waals surface area contributed by atoms with Crippen molar-refractivity contribution in [1.82, 2.24) is 9.88 Å². The molecule has 102 valence electrons. The van der Waals surface area contributed by atoms with Gasteiger partial charge in [0.1, 0.15) is 0 Å². The number of para-hydroxylation sites is 1. The lowest BCUT2D eigenvalue weighted by Crippen LogP contribution is -2.31. The molecule has 2 heteroatoms. The van der Waals surface area contributed by atoms with Gasteiger partial charge in [-0.2, -0.15) is 0 Å². The first-order valence-electron chi connectivity index (χ1n) is 7.55. The minimum atomic E-state index is 1.02. The van der Waals surface area contributed by atoms with E-state index in [0.29, 0.717) is 0 Å². The molecule has 0 fully saturated rings. The van der Waals surface area contributed by atoms with Gasteiger partial charge in [0.2, 0.25) is 0 Å². The van der Waals surface area contributed by atoms with Gasteiger partial charge in [0.05, 0.1) is 11.4 Å². The Bertz CT molecular complexity index is 885. The molecular formula is C19H16N2. The summed E-state index contributed by atoms with van der Waals surface area (Å²) in [5.41, 5.74) is 8.19. The summed E-state index contributed by atoms with van der Waals surface area (Å²) in [7, 11) is 0. The largest absolute Gasteiger partial charge is 0.365 e. The van der Waals surface area contributed by atoms with E-state index in [9.17, 15) is 0 Å². The molecule has 2 aliphatic heterocycles. The molecule has 2 nitrogen and oxygen atoms in total. The van der Waals surface area contributed by atoms with Crippen LogP contribution in [0.25, 0.3) is 22.7 Å². The number of H-pyrrole nitrogens is 1. The molecule has 21 heavy (non-hydrogen) atoms. The maximum Gasteiger partial charge on any atom is 0.0662 e. The second kappa shape index (κ2) is 4.01. The first-order chi connectivity index (χ1) is 10.4. The normalized spacial score (nSPS) is 16.2. The van der Waals surface area contributed by atoms with E-state index in [1.165, 1.54) is 39.0 Å². The highest BCUT2D eigenvalue weighted by molar-refractivity contribution is 5.93. The van der Waals surface area contributed by atoms with E-state index >= 15 is 0 Å². The van der Waals surface area contributed by atoms with Crippen LogP contribution in [0, 0.1) is 0 Å². The third-order valence-corrected chi connectivity index (χ3v) is 4.75. The van der Waals surface area contributed by atoms with Gasteiger partial charge in [-0.05, 0) is 35.3 Å². The van der Waals surface area contributed by atoms with Gasteiger partial charge in [-0.25, -0.2) is 0 Å². The lowest BCUT2D eigenvalue weighted by molar-refractivity contribution is 0.381. The highest BCUT2D eigenvalue weighted by Crippen LogP contribution is 2.38. The summed E-state index contributed by atoms with van der Waals surface area (Å²) in [5.74, 6) is 0. The standard InChI is InChI=1S/C19H16N2/c1-2-6-14-12-21-10-9-16-15-7-3-4-8-17(15)20-19(16)18(21)11-13(14)5-1/h1-8,11,20H,9-10,12H2. The second-order valence-electron chi connectivity index (χ2n) is 5.92. The van der Waals surface area contributed by atoms with E-state index in [1.54, 1.807) is 0 Å². The SMILES string of the molecule is C1=C2c3[nH]c4ccccc4c3CCN2Cc2ccccc21. The number of hydrogen-bond acceptors (Lipinski definition) is 1. The monoisotopic (exact) mass is 272 g/mol. The van der Waals surface area contributed by atoms with E-state index in [0.717, 1.165) is 19.5 Å². The minimum absolute atomic E-state index is 1.02. The van der Waals surface area contributed by atoms with Crippen LogP contribution in [0.4, 0.5) is 0 Å². The summed E-state index contributed by atoms with van der Waals surface area (Å²) in [6, 6.07) is 17.4. The molecule has 0 radical (unpaired) electrons. The number of benzene rings is 2. The fourth-order valence-corrected chi connectivity index (χ4v) is 3.70. The van der Waals surface area contributed by atoms with Gasteiger partial charge in [-0.3, -0.25) is 0 Å². The zero-order valence-electron chi connectivity index (χ0n) is 11.8. The molecular weight excluding hydrogens is 256 g/mol. The summed E-state index contributed by atoms with van der Waals surface area (Å²) in [6.45, 7) is 2.13. The van der Waals surface area contributed by atoms with Gasteiger partial charge in [0, 0.05) is 24.0 Å². The molecule has 0 saturated carbocycles. The molecule has 0 aliphatic carbocycles. The summed E-state index contributed by atoms with van der Waals surface area (Å²) < 4.78 is 0. The van der Waals surface area contributed by atoms with E-state index in [-0.39, 0.29) is 0 Å². The average Bonchev–Trinajstić information content (AvgIpc) is 2.92. The zero-order valence-corrected chi connectivity index (χ0v) is 11.8. The average molecular weight is 272 g/mol.